The number of nitrogens with zero attached hydrogens (tertiary/aromatic N) is 6. The minimum absolute atomic E-state index is 0.124. The molecule has 3 aromatic rings. The molecule has 0 aliphatic carbocycles. The minimum atomic E-state index is -0.462. The van der Waals surface area contributed by atoms with Gasteiger partial charge in [0.05, 0.1) is 24.4 Å². The van der Waals surface area contributed by atoms with Crippen LogP contribution in [0, 0.1) is 5.82 Å². The van der Waals surface area contributed by atoms with E-state index in [1.807, 2.05) is 24.7 Å². The molecule has 1 aliphatic rings. The molecule has 0 saturated carbocycles. The number of hydrogen-bond donors (Lipinski definition) is 3. The first-order chi connectivity index (χ1) is 13.0. The van der Waals surface area contributed by atoms with Gasteiger partial charge in [-0.3, -0.25) is 0 Å². The zero-order valence-electron chi connectivity index (χ0n) is 15.0. The summed E-state index contributed by atoms with van der Waals surface area (Å²) in [6.45, 7) is 2.73. The third kappa shape index (κ3) is 3.43. The Morgan fingerprint density at radius 1 is 1.30 bits per heavy atom. The second-order valence-corrected chi connectivity index (χ2v) is 6.57. The van der Waals surface area contributed by atoms with Gasteiger partial charge in [-0.25, -0.2) is 24.3 Å². The van der Waals surface area contributed by atoms with Crippen LogP contribution >= 0.6 is 0 Å². The van der Waals surface area contributed by atoms with Crippen LogP contribution in [0.1, 0.15) is 36.0 Å². The van der Waals surface area contributed by atoms with Gasteiger partial charge in [0, 0.05) is 43.7 Å². The van der Waals surface area contributed by atoms with E-state index in [9.17, 15) is 4.39 Å². The SMILES string of the molecule is CC(c1ncc(F)cn1)C1NCCc2nc(N)nc(Nc3cn(C)cn3)c21. The lowest BCUT2D eigenvalue weighted by Crippen LogP contribution is -2.35. The molecule has 10 heteroatoms. The van der Waals surface area contributed by atoms with Gasteiger partial charge in [0.25, 0.3) is 0 Å². The molecule has 140 valence electrons. The first kappa shape index (κ1) is 17.3. The molecule has 4 heterocycles. The van der Waals surface area contributed by atoms with Gasteiger partial charge < -0.3 is 20.9 Å². The number of halogens is 1. The molecule has 0 bridgehead atoms. The summed E-state index contributed by atoms with van der Waals surface area (Å²) in [5.41, 5.74) is 7.69. The molecule has 3 aromatic heterocycles. The van der Waals surface area contributed by atoms with Gasteiger partial charge in [-0.2, -0.15) is 4.98 Å². The molecular formula is C17H20FN9. The van der Waals surface area contributed by atoms with Gasteiger partial charge in [-0.1, -0.05) is 6.92 Å². The fourth-order valence-corrected chi connectivity index (χ4v) is 3.33. The summed E-state index contributed by atoms with van der Waals surface area (Å²) in [5, 5.41) is 6.71. The molecule has 2 unspecified atom stereocenters. The van der Waals surface area contributed by atoms with Gasteiger partial charge in [0.1, 0.15) is 17.5 Å². The summed E-state index contributed by atoms with van der Waals surface area (Å²) in [7, 11) is 1.89. The van der Waals surface area contributed by atoms with E-state index in [2.05, 4.69) is 35.6 Å². The number of fused-ring (bicyclic) bond motifs is 1. The monoisotopic (exact) mass is 369 g/mol. The predicted octanol–water partition coefficient (Wildman–Crippen LogP) is 1.46. The summed E-state index contributed by atoms with van der Waals surface area (Å²) >= 11 is 0. The largest absolute Gasteiger partial charge is 0.368 e. The molecule has 0 spiro atoms. The molecule has 9 nitrogen and oxygen atoms in total. The van der Waals surface area contributed by atoms with Crippen molar-refractivity contribution in [2.45, 2.75) is 25.3 Å². The predicted molar refractivity (Wildman–Crippen MR) is 97.8 cm³/mol. The summed E-state index contributed by atoms with van der Waals surface area (Å²) in [6.07, 6.45) is 6.63. The van der Waals surface area contributed by atoms with Gasteiger partial charge in [0.2, 0.25) is 5.95 Å². The topological polar surface area (TPSA) is 119 Å². The fraction of sp³-hybridized carbons (Fsp3) is 0.353. The third-order valence-electron chi connectivity index (χ3n) is 4.58. The second kappa shape index (κ2) is 6.88. The van der Waals surface area contributed by atoms with E-state index >= 15 is 0 Å². The van der Waals surface area contributed by atoms with Crippen LogP contribution in [-0.2, 0) is 13.5 Å². The Kier molecular flexibility index (Phi) is 4.40. The van der Waals surface area contributed by atoms with Crippen LogP contribution < -0.4 is 16.4 Å². The van der Waals surface area contributed by atoms with Gasteiger partial charge in [-0.15, -0.1) is 0 Å². The molecule has 0 radical (unpaired) electrons. The number of aryl methyl sites for hydroxylation is 1. The van der Waals surface area contributed by atoms with Gasteiger partial charge in [0.15, 0.2) is 5.82 Å². The number of rotatable bonds is 4. The molecule has 1 aliphatic heterocycles. The molecule has 4 N–H and O–H groups in total. The average molecular weight is 369 g/mol. The number of aromatic nitrogens is 6. The maximum absolute atomic E-state index is 13.2. The van der Waals surface area contributed by atoms with E-state index in [0.29, 0.717) is 17.5 Å². The molecule has 2 atom stereocenters. The normalized spacial score (nSPS) is 17.4. The highest BCUT2D eigenvalue weighted by molar-refractivity contribution is 5.60. The highest BCUT2D eigenvalue weighted by atomic mass is 19.1. The summed E-state index contributed by atoms with van der Waals surface area (Å²) in [5.74, 6) is 1.42. The lowest BCUT2D eigenvalue weighted by molar-refractivity contribution is 0.426. The number of nitrogen functional groups attached to an aromatic ring is 1. The molecule has 0 fully saturated rings. The standard InChI is InChI=1S/C17H20FN9/c1-9(15-21-5-10(18)6-22-15)14-13-11(3-4-20-14)24-17(19)26-16(13)25-12-7-27(2)8-23-12/h5-9,14,20H,3-4H2,1-2H3,(H3,19,24,25,26). The van der Waals surface area contributed by atoms with Crippen molar-refractivity contribution in [3.8, 4) is 0 Å². The number of nitrogens with one attached hydrogen (secondary N) is 2. The van der Waals surface area contributed by atoms with E-state index in [-0.39, 0.29) is 17.9 Å². The molecule has 0 aromatic carbocycles. The van der Waals surface area contributed by atoms with Crippen LogP contribution in [0.4, 0.5) is 22.0 Å². The minimum Gasteiger partial charge on any atom is -0.368 e. The highest BCUT2D eigenvalue weighted by Crippen LogP contribution is 2.37. The van der Waals surface area contributed by atoms with Crippen LogP contribution in [0.2, 0.25) is 0 Å². The fourth-order valence-electron chi connectivity index (χ4n) is 3.33. The van der Waals surface area contributed by atoms with Gasteiger partial charge in [-0.05, 0) is 0 Å². The Labute approximate surface area is 155 Å². The van der Waals surface area contributed by atoms with Crippen LogP contribution in [0.25, 0.3) is 0 Å². The zero-order chi connectivity index (χ0) is 19.0. The highest BCUT2D eigenvalue weighted by Gasteiger charge is 2.32. The Morgan fingerprint density at radius 3 is 2.78 bits per heavy atom. The Bertz CT molecular complexity index is 954. The number of anilines is 3. The lowest BCUT2D eigenvalue weighted by atomic mass is 9.89. The van der Waals surface area contributed by atoms with Crippen molar-refractivity contribution in [3.05, 3.63) is 47.8 Å². The third-order valence-corrected chi connectivity index (χ3v) is 4.58. The summed E-state index contributed by atoms with van der Waals surface area (Å²) < 4.78 is 15.0. The van der Waals surface area contributed by atoms with E-state index in [0.717, 1.165) is 24.2 Å². The second-order valence-electron chi connectivity index (χ2n) is 6.57. The van der Waals surface area contributed by atoms with Crippen molar-refractivity contribution in [1.29, 1.82) is 0 Å². The van der Waals surface area contributed by atoms with Crippen LogP contribution in [0.15, 0.2) is 24.9 Å². The molecule has 27 heavy (non-hydrogen) atoms. The Morgan fingerprint density at radius 2 is 2.07 bits per heavy atom. The van der Waals surface area contributed by atoms with Gasteiger partial charge >= 0.3 is 0 Å². The molecule has 4 rings (SSSR count). The number of nitrogens with two attached hydrogens (primary N) is 1. The summed E-state index contributed by atoms with van der Waals surface area (Å²) in [4.78, 5) is 21.4. The van der Waals surface area contributed by atoms with Crippen molar-refractivity contribution < 1.29 is 4.39 Å². The quantitative estimate of drug-likeness (QED) is 0.632. The van der Waals surface area contributed by atoms with Crippen molar-refractivity contribution in [3.63, 3.8) is 0 Å². The first-order valence-corrected chi connectivity index (χ1v) is 8.63. The molecule has 0 amide bonds. The van der Waals surface area contributed by atoms with Crippen molar-refractivity contribution in [2.24, 2.45) is 7.05 Å². The summed E-state index contributed by atoms with van der Waals surface area (Å²) in [6, 6.07) is -0.147. The zero-order valence-corrected chi connectivity index (χ0v) is 15.0. The van der Waals surface area contributed by atoms with E-state index in [4.69, 9.17) is 5.73 Å². The number of imidazole rings is 1. The van der Waals surface area contributed by atoms with Crippen molar-refractivity contribution in [1.82, 2.24) is 34.8 Å². The maximum atomic E-state index is 13.2. The van der Waals surface area contributed by atoms with Crippen LogP contribution in [0.3, 0.4) is 0 Å². The lowest BCUT2D eigenvalue weighted by Gasteiger charge is -2.31. The number of hydrogen-bond acceptors (Lipinski definition) is 8. The Balaban J connectivity index is 1.74. The van der Waals surface area contributed by atoms with E-state index in [1.54, 1.807) is 6.33 Å². The smallest absolute Gasteiger partial charge is 0.222 e. The van der Waals surface area contributed by atoms with Crippen LogP contribution in [0.5, 0.6) is 0 Å². The van der Waals surface area contributed by atoms with E-state index < -0.39 is 5.82 Å². The van der Waals surface area contributed by atoms with Crippen LogP contribution in [-0.4, -0.2) is 36.0 Å². The Hall–Kier alpha value is -3.14. The molecular weight excluding hydrogens is 349 g/mol. The molecule has 0 saturated heterocycles. The maximum Gasteiger partial charge on any atom is 0.222 e. The average Bonchev–Trinajstić information content (AvgIpc) is 3.05. The van der Waals surface area contributed by atoms with E-state index in [1.165, 1.54) is 12.4 Å². The first-order valence-electron chi connectivity index (χ1n) is 8.63. The van der Waals surface area contributed by atoms with Crippen molar-refractivity contribution >= 4 is 17.6 Å². The van der Waals surface area contributed by atoms with Crippen molar-refractivity contribution in [2.75, 3.05) is 17.6 Å².